The molecule has 5 heteroatoms. The molecular formula is C15H24N2O3. The lowest BCUT2D eigenvalue weighted by Gasteiger charge is -2.22. The highest BCUT2D eigenvalue weighted by Crippen LogP contribution is 2.17. The quantitative estimate of drug-likeness (QED) is 0.746. The average molecular weight is 280 g/mol. The van der Waals surface area contributed by atoms with Gasteiger partial charge in [-0.25, -0.2) is 0 Å². The molecule has 0 radical (unpaired) electrons. The third-order valence-corrected chi connectivity index (χ3v) is 3.09. The van der Waals surface area contributed by atoms with Crippen molar-refractivity contribution >= 4 is 5.91 Å². The molecule has 20 heavy (non-hydrogen) atoms. The highest BCUT2D eigenvalue weighted by molar-refractivity contribution is 5.81. The Morgan fingerprint density at radius 1 is 1.40 bits per heavy atom. The van der Waals surface area contributed by atoms with E-state index in [1.165, 1.54) is 0 Å². The summed E-state index contributed by atoms with van der Waals surface area (Å²) < 4.78 is 5.44. The van der Waals surface area contributed by atoms with Crippen molar-refractivity contribution in [1.29, 1.82) is 0 Å². The minimum absolute atomic E-state index is 0.00876. The Kier molecular flexibility index (Phi) is 7.04. The van der Waals surface area contributed by atoms with Gasteiger partial charge < -0.3 is 15.2 Å². The number of amides is 1. The number of para-hydroxylation sites is 1. The zero-order valence-corrected chi connectivity index (χ0v) is 12.4. The van der Waals surface area contributed by atoms with E-state index in [4.69, 9.17) is 9.84 Å². The molecule has 0 fully saturated rings. The van der Waals surface area contributed by atoms with Gasteiger partial charge in [0.05, 0.1) is 12.6 Å². The van der Waals surface area contributed by atoms with E-state index in [0.717, 1.165) is 12.0 Å². The fraction of sp³-hybridized carbons (Fsp3) is 0.533. The summed E-state index contributed by atoms with van der Waals surface area (Å²) in [7, 11) is 3.79. The van der Waals surface area contributed by atoms with E-state index < -0.39 is 0 Å². The number of rotatable bonds is 8. The Labute approximate surface area is 120 Å². The monoisotopic (exact) mass is 280 g/mol. The SMILES string of the molecule is CCC(C(=O)NCc1ccccc1OCCO)N(C)C. The molecule has 0 aromatic heterocycles. The summed E-state index contributed by atoms with van der Waals surface area (Å²) in [6.07, 6.45) is 0.765. The number of hydrogen-bond acceptors (Lipinski definition) is 4. The van der Waals surface area contributed by atoms with Crippen molar-refractivity contribution in [3.8, 4) is 5.75 Å². The molecule has 0 saturated carbocycles. The number of nitrogens with one attached hydrogen (secondary N) is 1. The van der Waals surface area contributed by atoms with Crippen molar-refractivity contribution in [2.24, 2.45) is 0 Å². The zero-order chi connectivity index (χ0) is 15.0. The molecule has 1 amide bonds. The first-order valence-electron chi connectivity index (χ1n) is 6.85. The van der Waals surface area contributed by atoms with Crippen molar-refractivity contribution in [1.82, 2.24) is 10.2 Å². The maximum absolute atomic E-state index is 12.1. The minimum Gasteiger partial charge on any atom is -0.491 e. The predicted octanol–water partition coefficient (Wildman–Crippen LogP) is 1.01. The van der Waals surface area contributed by atoms with E-state index in [9.17, 15) is 4.79 Å². The Morgan fingerprint density at radius 3 is 2.70 bits per heavy atom. The van der Waals surface area contributed by atoms with Crippen molar-refractivity contribution in [3.63, 3.8) is 0 Å². The number of likely N-dealkylation sites (N-methyl/N-ethyl adjacent to an activating group) is 1. The second kappa shape index (κ2) is 8.55. The number of hydrogen-bond donors (Lipinski definition) is 2. The maximum atomic E-state index is 12.1. The molecular weight excluding hydrogens is 256 g/mol. The van der Waals surface area contributed by atoms with Gasteiger partial charge in [-0.15, -0.1) is 0 Å². The number of aliphatic hydroxyl groups is 1. The van der Waals surface area contributed by atoms with Gasteiger partial charge in [-0.3, -0.25) is 9.69 Å². The molecule has 1 atom stereocenters. The van der Waals surface area contributed by atoms with Crippen LogP contribution >= 0.6 is 0 Å². The summed E-state index contributed by atoms with van der Waals surface area (Å²) in [6, 6.07) is 7.38. The van der Waals surface area contributed by atoms with E-state index in [2.05, 4.69) is 5.32 Å². The molecule has 112 valence electrons. The molecule has 0 aliphatic rings. The standard InChI is InChI=1S/C15H24N2O3/c1-4-13(17(2)3)15(19)16-11-12-7-5-6-8-14(12)20-10-9-18/h5-8,13,18H,4,9-11H2,1-3H3,(H,16,19). The molecule has 5 nitrogen and oxygen atoms in total. The normalized spacial score (nSPS) is 12.2. The Morgan fingerprint density at radius 2 is 2.10 bits per heavy atom. The zero-order valence-electron chi connectivity index (χ0n) is 12.4. The van der Waals surface area contributed by atoms with Crippen LogP contribution in [0.1, 0.15) is 18.9 Å². The summed E-state index contributed by atoms with van der Waals surface area (Å²) in [6.45, 7) is 2.63. The number of nitrogens with zero attached hydrogens (tertiary/aromatic N) is 1. The van der Waals surface area contributed by atoms with Crippen LogP contribution in [0.2, 0.25) is 0 Å². The van der Waals surface area contributed by atoms with Crippen LogP contribution in [-0.4, -0.2) is 49.3 Å². The largest absolute Gasteiger partial charge is 0.491 e. The highest BCUT2D eigenvalue weighted by atomic mass is 16.5. The maximum Gasteiger partial charge on any atom is 0.237 e. The van der Waals surface area contributed by atoms with Gasteiger partial charge in [-0.2, -0.15) is 0 Å². The lowest BCUT2D eigenvalue weighted by atomic mass is 10.1. The molecule has 0 aliphatic carbocycles. The van der Waals surface area contributed by atoms with E-state index in [1.54, 1.807) is 0 Å². The Bertz CT molecular complexity index is 421. The first kappa shape index (κ1) is 16.5. The summed E-state index contributed by atoms with van der Waals surface area (Å²) in [5, 5.41) is 11.7. The predicted molar refractivity (Wildman–Crippen MR) is 78.6 cm³/mol. The van der Waals surface area contributed by atoms with Crippen molar-refractivity contribution < 1.29 is 14.6 Å². The smallest absolute Gasteiger partial charge is 0.237 e. The van der Waals surface area contributed by atoms with Gasteiger partial charge in [0.15, 0.2) is 0 Å². The number of benzene rings is 1. The van der Waals surface area contributed by atoms with Crippen LogP contribution in [0.15, 0.2) is 24.3 Å². The topological polar surface area (TPSA) is 61.8 Å². The molecule has 0 aliphatic heterocycles. The third kappa shape index (κ3) is 4.83. The Hall–Kier alpha value is -1.59. The van der Waals surface area contributed by atoms with E-state index >= 15 is 0 Å². The molecule has 0 heterocycles. The molecule has 2 N–H and O–H groups in total. The van der Waals surface area contributed by atoms with Gasteiger partial charge in [-0.1, -0.05) is 25.1 Å². The van der Waals surface area contributed by atoms with Gasteiger partial charge in [-0.05, 0) is 26.6 Å². The molecule has 1 unspecified atom stereocenters. The van der Waals surface area contributed by atoms with Crippen LogP contribution in [0.5, 0.6) is 5.75 Å². The summed E-state index contributed by atoms with van der Waals surface area (Å²) >= 11 is 0. The van der Waals surface area contributed by atoms with Crippen LogP contribution in [-0.2, 0) is 11.3 Å². The Balaban J connectivity index is 2.63. The van der Waals surface area contributed by atoms with Gasteiger partial charge in [0.1, 0.15) is 12.4 Å². The molecule has 1 aromatic rings. The van der Waals surface area contributed by atoms with Gasteiger partial charge in [0.2, 0.25) is 5.91 Å². The first-order chi connectivity index (χ1) is 9.60. The minimum atomic E-state index is -0.125. The summed E-state index contributed by atoms with van der Waals surface area (Å²) in [4.78, 5) is 14.0. The van der Waals surface area contributed by atoms with Crippen molar-refractivity contribution in [3.05, 3.63) is 29.8 Å². The van der Waals surface area contributed by atoms with Crippen molar-refractivity contribution in [2.45, 2.75) is 25.9 Å². The number of carbonyl (C=O) groups is 1. The van der Waals surface area contributed by atoms with Crippen LogP contribution in [0.4, 0.5) is 0 Å². The molecule has 0 bridgehead atoms. The fourth-order valence-electron chi connectivity index (χ4n) is 2.03. The number of aliphatic hydroxyl groups excluding tert-OH is 1. The average Bonchev–Trinajstić information content (AvgIpc) is 2.44. The van der Waals surface area contributed by atoms with Gasteiger partial charge in [0, 0.05) is 12.1 Å². The highest BCUT2D eigenvalue weighted by Gasteiger charge is 2.18. The first-order valence-corrected chi connectivity index (χ1v) is 6.85. The number of ether oxygens (including phenoxy) is 1. The van der Waals surface area contributed by atoms with Crippen LogP contribution in [0, 0.1) is 0 Å². The van der Waals surface area contributed by atoms with Crippen LogP contribution < -0.4 is 10.1 Å². The molecule has 0 saturated heterocycles. The lowest BCUT2D eigenvalue weighted by Crippen LogP contribution is -2.42. The summed E-state index contributed by atoms with van der Waals surface area (Å²) in [5.41, 5.74) is 0.905. The second-order valence-corrected chi connectivity index (χ2v) is 4.79. The summed E-state index contributed by atoms with van der Waals surface area (Å²) in [5.74, 6) is 0.703. The number of carbonyl (C=O) groups excluding carboxylic acids is 1. The van der Waals surface area contributed by atoms with E-state index in [-0.39, 0.29) is 25.2 Å². The van der Waals surface area contributed by atoms with E-state index in [0.29, 0.717) is 12.3 Å². The van der Waals surface area contributed by atoms with E-state index in [1.807, 2.05) is 50.2 Å². The molecule has 1 rings (SSSR count). The molecule has 1 aromatic carbocycles. The molecule has 0 spiro atoms. The third-order valence-electron chi connectivity index (χ3n) is 3.09. The lowest BCUT2D eigenvalue weighted by molar-refractivity contribution is -0.125. The van der Waals surface area contributed by atoms with Crippen LogP contribution in [0.3, 0.4) is 0 Å². The second-order valence-electron chi connectivity index (χ2n) is 4.79. The van der Waals surface area contributed by atoms with Crippen molar-refractivity contribution in [2.75, 3.05) is 27.3 Å². The van der Waals surface area contributed by atoms with Gasteiger partial charge >= 0.3 is 0 Å². The fourth-order valence-corrected chi connectivity index (χ4v) is 2.03. The van der Waals surface area contributed by atoms with Crippen LogP contribution in [0.25, 0.3) is 0 Å². The van der Waals surface area contributed by atoms with Gasteiger partial charge in [0.25, 0.3) is 0 Å².